The van der Waals surface area contributed by atoms with Gasteiger partial charge in [-0.1, -0.05) is 0 Å². The molecule has 1 atom stereocenters. The molecule has 0 aromatic heterocycles. The van der Waals surface area contributed by atoms with E-state index in [1.54, 1.807) is 0 Å². The van der Waals surface area contributed by atoms with Crippen molar-refractivity contribution in [2.75, 3.05) is 0 Å². The van der Waals surface area contributed by atoms with Crippen molar-refractivity contribution in [2.24, 2.45) is 0 Å². The molecule has 0 aromatic carbocycles. The Morgan fingerprint density at radius 3 is 2.17 bits per heavy atom. The molecule has 0 heterocycles. The maximum atomic E-state index is 12.9. The molecular formula is C7H7F3O2. The Labute approximate surface area is 66.7 Å². The van der Waals surface area contributed by atoms with Gasteiger partial charge in [0.2, 0.25) is 0 Å². The highest BCUT2D eigenvalue weighted by molar-refractivity contribution is 5.80. The third-order valence-corrected chi connectivity index (χ3v) is 1.90. The van der Waals surface area contributed by atoms with Crippen molar-refractivity contribution in [1.82, 2.24) is 0 Å². The molecule has 0 saturated heterocycles. The van der Waals surface area contributed by atoms with Gasteiger partial charge in [-0.05, 0) is 12.5 Å². The molecule has 5 heteroatoms. The largest absolute Gasteiger partial charge is 0.478 e. The van der Waals surface area contributed by atoms with E-state index in [4.69, 9.17) is 5.11 Å². The molecule has 1 aliphatic carbocycles. The van der Waals surface area contributed by atoms with Crippen LogP contribution in [0.15, 0.2) is 12.2 Å². The lowest BCUT2D eigenvalue weighted by molar-refractivity contribution is -0.185. The van der Waals surface area contributed by atoms with Crippen molar-refractivity contribution in [1.29, 1.82) is 0 Å². The predicted octanol–water partition coefficient (Wildman–Crippen LogP) is 1.76. The fourth-order valence-corrected chi connectivity index (χ4v) is 0.961. The Morgan fingerprint density at radius 1 is 1.33 bits per heavy atom. The van der Waals surface area contributed by atoms with Crippen LogP contribution < -0.4 is 0 Å². The van der Waals surface area contributed by atoms with Crippen molar-refractivity contribution in [2.45, 2.75) is 24.4 Å². The Kier molecular flexibility index (Phi) is 1.89. The number of alkyl halides is 3. The van der Waals surface area contributed by atoms with E-state index in [0.717, 1.165) is 0 Å². The minimum absolute atomic E-state index is 0.316. The number of carbonyl (C=O) groups is 1. The molecule has 0 amide bonds. The van der Waals surface area contributed by atoms with Gasteiger partial charge in [-0.3, -0.25) is 0 Å². The third-order valence-electron chi connectivity index (χ3n) is 1.90. The van der Waals surface area contributed by atoms with Crippen LogP contribution >= 0.6 is 0 Å². The maximum absolute atomic E-state index is 12.9. The summed E-state index contributed by atoms with van der Waals surface area (Å²) < 4.78 is 37.8. The Bertz CT molecular complexity index is 237. The van der Waals surface area contributed by atoms with Crippen molar-refractivity contribution >= 4 is 5.97 Å². The zero-order valence-corrected chi connectivity index (χ0v) is 6.06. The number of carboxylic acid groups (broad SMARTS) is 1. The van der Waals surface area contributed by atoms with E-state index in [1.807, 2.05) is 0 Å². The van der Waals surface area contributed by atoms with Gasteiger partial charge in [-0.2, -0.15) is 0 Å². The summed E-state index contributed by atoms with van der Waals surface area (Å²) in [6, 6.07) is 0. The van der Waals surface area contributed by atoms with Gasteiger partial charge in [-0.25, -0.2) is 18.0 Å². The van der Waals surface area contributed by atoms with E-state index >= 15 is 0 Å². The zero-order valence-electron chi connectivity index (χ0n) is 6.06. The molecule has 1 saturated carbocycles. The second-order valence-electron chi connectivity index (χ2n) is 2.74. The molecule has 1 rings (SSSR count). The molecule has 1 N–H and O–H groups in total. The standard InChI is InChI=1S/C7H7F3O2/c8-6(2-1-5(11)12)3-4-7(6,9)10/h1-2H,3-4H2,(H,11,12). The highest BCUT2D eigenvalue weighted by Crippen LogP contribution is 2.50. The van der Waals surface area contributed by atoms with Crippen LogP contribution in [0, 0.1) is 0 Å². The molecule has 0 bridgehead atoms. The lowest BCUT2D eigenvalue weighted by Crippen LogP contribution is -2.52. The van der Waals surface area contributed by atoms with E-state index in [9.17, 15) is 18.0 Å². The first kappa shape index (κ1) is 9.09. The second kappa shape index (κ2) is 2.50. The minimum Gasteiger partial charge on any atom is -0.478 e. The van der Waals surface area contributed by atoms with Crippen LogP contribution in [0.3, 0.4) is 0 Å². The molecule has 0 radical (unpaired) electrons. The van der Waals surface area contributed by atoms with Crippen LogP contribution in [0.2, 0.25) is 0 Å². The Balaban J connectivity index is 2.69. The number of aliphatic carboxylic acids is 1. The quantitative estimate of drug-likeness (QED) is 0.657. The first-order valence-electron chi connectivity index (χ1n) is 3.36. The summed E-state index contributed by atoms with van der Waals surface area (Å²) >= 11 is 0. The molecule has 0 aliphatic heterocycles. The van der Waals surface area contributed by atoms with E-state index in [1.165, 1.54) is 0 Å². The first-order valence-corrected chi connectivity index (χ1v) is 3.36. The maximum Gasteiger partial charge on any atom is 0.328 e. The predicted molar refractivity (Wildman–Crippen MR) is 34.8 cm³/mol. The van der Waals surface area contributed by atoms with Gasteiger partial charge in [0.15, 0.2) is 5.67 Å². The average molecular weight is 180 g/mol. The number of carboxylic acids is 1. The second-order valence-corrected chi connectivity index (χ2v) is 2.74. The van der Waals surface area contributed by atoms with E-state index < -0.39 is 24.0 Å². The van der Waals surface area contributed by atoms with Gasteiger partial charge in [0.25, 0.3) is 5.92 Å². The van der Waals surface area contributed by atoms with Gasteiger partial charge < -0.3 is 5.11 Å². The number of allylic oxidation sites excluding steroid dienone is 1. The van der Waals surface area contributed by atoms with Crippen LogP contribution in [0.1, 0.15) is 12.8 Å². The number of rotatable bonds is 2. The van der Waals surface area contributed by atoms with Crippen molar-refractivity contribution in [3.63, 3.8) is 0 Å². The summed E-state index contributed by atoms with van der Waals surface area (Å²) in [6.45, 7) is 0. The Hall–Kier alpha value is -1.00. The normalized spacial score (nSPS) is 33.2. The highest BCUT2D eigenvalue weighted by atomic mass is 19.3. The summed E-state index contributed by atoms with van der Waals surface area (Å²) in [5.74, 6) is -4.83. The molecule has 2 nitrogen and oxygen atoms in total. The molecule has 1 aliphatic rings. The molecule has 12 heavy (non-hydrogen) atoms. The SMILES string of the molecule is O=C(O)C=CC1(F)CCC1(F)F. The van der Waals surface area contributed by atoms with Crippen LogP contribution in [0.4, 0.5) is 13.2 Å². The molecule has 1 unspecified atom stereocenters. The minimum atomic E-state index is -3.40. The summed E-state index contributed by atoms with van der Waals surface area (Å²) in [4.78, 5) is 9.90. The first-order chi connectivity index (χ1) is 5.37. The topological polar surface area (TPSA) is 37.3 Å². The fourth-order valence-electron chi connectivity index (χ4n) is 0.961. The molecular weight excluding hydrogens is 173 g/mol. The Morgan fingerprint density at radius 2 is 1.92 bits per heavy atom. The summed E-state index contributed by atoms with van der Waals surface area (Å²) in [5, 5.41) is 8.07. The van der Waals surface area contributed by atoms with Gasteiger partial charge in [0.1, 0.15) is 0 Å². The fraction of sp³-hybridized carbons (Fsp3) is 0.571. The lowest BCUT2D eigenvalue weighted by Gasteiger charge is -2.40. The number of hydrogen-bond acceptors (Lipinski definition) is 1. The molecule has 0 aromatic rings. The van der Waals surface area contributed by atoms with Gasteiger partial charge >= 0.3 is 5.97 Å². The van der Waals surface area contributed by atoms with Crippen molar-refractivity contribution < 1.29 is 23.1 Å². The molecule has 1 fully saturated rings. The lowest BCUT2D eigenvalue weighted by atomic mass is 9.77. The van der Waals surface area contributed by atoms with Gasteiger partial charge in [0.05, 0.1) is 0 Å². The summed E-state index contributed by atoms with van der Waals surface area (Å²) in [6.07, 6.45) is -0.0108. The van der Waals surface area contributed by atoms with E-state index in [-0.39, 0.29) is 6.42 Å². The summed E-state index contributed by atoms with van der Waals surface area (Å²) in [7, 11) is 0. The van der Waals surface area contributed by atoms with Crippen LogP contribution in [0.5, 0.6) is 0 Å². The van der Waals surface area contributed by atoms with Crippen LogP contribution in [-0.4, -0.2) is 22.7 Å². The zero-order chi connectivity index (χ0) is 9.41. The van der Waals surface area contributed by atoms with Crippen LogP contribution in [-0.2, 0) is 4.79 Å². The van der Waals surface area contributed by atoms with Crippen molar-refractivity contribution in [3.05, 3.63) is 12.2 Å². The molecule has 0 spiro atoms. The van der Waals surface area contributed by atoms with Gasteiger partial charge in [-0.15, -0.1) is 0 Å². The number of hydrogen-bond donors (Lipinski definition) is 1. The van der Waals surface area contributed by atoms with Gasteiger partial charge in [0, 0.05) is 12.5 Å². The third kappa shape index (κ3) is 1.31. The molecule has 68 valence electrons. The van der Waals surface area contributed by atoms with E-state index in [2.05, 4.69) is 0 Å². The average Bonchev–Trinajstić information content (AvgIpc) is 1.98. The highest BCUT2D eigenvalue weighted by Gasteiger charge is 2.61. The summed E-state index contributed by atoms with van der Waals surface area (Å²) in [5.41, 5.74) is -2.74. The monoisotopic (exact) mass is 180 g/mol. The smallest absolute Gasteiger partial charge is 0.328 e. The van der Waals surface area contributed by atoms with E-state index in [0.29, 0.717) is 12.2 Å². The number of halogens is 3. The van der Waals surface area contributed by atoms with Crippen LogP contribution in [0.25, 0.3) is 0 Å². The van der Waals surface area contributed by atoms with Crippen molar-refractivity contribution in [3.8, 4) is 0 Å².